The van der Waals surface area contributed by atoms with Crippen LogP contribution in [0.3, 0.4) is 0 Å². The van der Waals surface area contributed by atoms with Gasteiger partial charge in [-0.3, -0.25) is 9.59 Å². The fourth-order valence-electron chi connectivity index (χ4n) is 2.48. The Morgan fingerprint density at radius 3 is 2.17 bits per heavy atom. The van der Waals surface area contributed by atoms with Gasteiger partial charge in [0.15, 0.2) is 0 Å². The van der Waals surface area contributed by atoms with Crippen molar-refractivity contribution in [3.8, 4) is 0 Å². The molecule has 0 aromatic rings. The number of hydrogen-bond donors (Lipinski definition) is 2. The molecule has 0 bridgehead atoms. The predicted molar refractivity (Wildman–Crippen MR) is 88.8 cm³/mol. The Kier molecular flexibility index (Phi) is 6.59. The van der Waals surface area contributed by atoms with E-state index in [0.717, 1.165) is 19.3 Å². The van der Waals surface area contributed by atoms with E-state index in [0.29, 0.717) is 6.42 Å². The van der Waals surface area contributed by atoms with Gasteiger partial charge in [0.25, 0.3) is 0 Å². The van der Waals surface area contributed by atoms with Crippen molar-refractivity contribution in [2.75, 3.05) is 0 Å². The number of esters is 2. The van der Waals surface area contributed by atoms with Gasteiger partial charge in [0.1, 0.15) is 23.3 Å². The minimum Gasteiger partial charge on any atom is -0.459 e. The van der Waals surface area contributed by atoms with E-state index in [1.807, 2.05) is 41.5 Å². The van der Waals surface area contributed by atoms with Gasteiger partial charge in [-0.15, -0.1) is 0 Å². The van der Waals surface area contributed by atoms with Crippen LogP contribution in [0.25, 0.3) is 0 Å². The molecule has 1 saturated heterocycles. The second-order valence-corrected chi connectivity index (χ2v) is 8.24. The monoisotopic (exact) mass is 328 g/mol. The zero-order valence-electron chi connectivity index (χ0n) is 15.3. The Hall–Kier alpha value is -1.14. The molecule has 0 aliphatic carbocycles. The van der Waals surface area contributed by atoms with Gasteiger partial charge in [-0.1, -0.05) is 0 Å². The number of ether oxygens (including phenoxy) is 2. The predicted octanol–water partition coefficient (Wildman–Crippen LogP) is 1.90. The fourth-order valence-corrected chi connectivity index (χ4v) is 2.48. The maximum atomic E-state index is 12.0. The van der Waals surface area contributed by atoms with E-state index in [1.54, 1.807) is 0 Å². The third-order valence-electron chi connectivity index (χ3n) is 3.47. The third kappa shape index (κ3) is 7.79. The molecule has 23 heavy (non-hydrogen) atoms. The molecule has 6 heteroatoms. The molecule has 0 aromatic carbocycles. The summed E-state index contributed by atoms with van der Waals surface area (Å²) >= 11 is 0. The number of rotatable bonds is 5. The van der Waals surface area contributed by atoms with E-state index >= 15 is 0 Å². The number of hydrogen-bond acceptors (Lipinski definition) is 6. The molecule has 134 valence electrons. The van der Waals surface area contributed by atoms with Gasteiger partial charge in [-0.05, 0) is 67.2 Å². The second kappa shape index (κ2) is 7.62. The number of carbonyl (C=O) groups is 2. The molecule has 1 aliphatic heterocycles. The van der Waals surface area contributed by atoms with Gasteiger partial charge in [-0.25, -0.2) is 0 Å². The third-order valence-corrected chi connectivity index (χ3v) is 3.47. The van der Waals surface area contributed by atoms with Gasteiger partial charge in [0, 0.05) is 6.04 Å². The lowest BCUT2D eigenvalue weighted by molar-refractivity contribution is -0.158. The van der Waals surface area contributed by atoms with Crippen molar-refractivity contribution in [3.05, 3.63) is 0 Å². The summed E-state index contributed by atoms with van der Waals surface area (Å²) in [5.41, 5.74) is 4.88. The standard InChI is InChI=1S/C17H32N2O4/c1-16(2,3)22-14(20)12(18)9-7-11-8-10-13(19-11)15(21)23-17(4,5)6/h11-13,19H,7-10,18H2,1-6H3/t11?,12-,13-/m0/s1. The first-order valence-corrected chi connectivity index (χ1v) is 8.35. The largest absolute Gasteiger partial charge is 0.459 e. The molecule has 3 atom stereocenters. The minimum absolute atomic E-state index is 0.181. The van der Waals surface area contributed by atoms with Gasteiger partial charge in [0.2, 0.25) is 0 Å². The van der Waals surface area contributed by atoms with Crippen molar-refractivity contribution >= 4 is 11.9 Å². The van der Waals surface area contributed by atoms with Crippen LogP contribution in [0.1, 0.15) is 67.2 Å². The number of nitrogens with one attached hydrogen (secondary N) is 1. The average Bonchev–Trinajstić information content (AvgIpc) is 2.80. The van der Waals surface area contributed by atoms with Crippen LogP contribution in [0.5, 0.6) is 0 Å². The summed E-state index contributed by atoms with van der Waals surface area (Å²) < 4.78 is 10.7. The van der Waals surface area contributed by atoms with E-state index in [1.165, 1.54) is 0 Å². The van der Waals surface area contributed by atoms with Crippen LogP contribution >= 0.6 is 0 Å². The van der Waals surface area contributed by atoms with Crippen LogP contribution in [-0.4, -0.2) is 41.3 Å². The van der Waals surface area contributed by atoms with E-state index in [2.05, 4.69) is 5.32 Å². The van der Waals surface area contributed by atoms with Crippen molar-refractivity contribution in [1.29, 1.82) is 0 Å². The van der Waals surface area contributed by atoms with Gasteiger partial charge >= 0.3 is 11.9 Å². The lowest BCUT2D eigenvalue weighted by atomic mass is 10.0. The van der Waals surface area contributed by atoms with Crippen LogP contribution in [0.4, 0.5) is 0 Å². The Morgan fingerprint density at radius 1 is 1.09 bits per heavy atom. The highest BCUT2D eigenvalue weighted by Crippen LogP contribution is 2.20. The Balaban J connectivity index is 2.35. The number of carbonyl (C=O) groups excluding carboxylic acids is 2. The summed E-state index contributed by atoms with van der Waals surface area (Å²) in [6.07, 6.45) is 2.90. The first-order valence-electron chi connectivity index (χ1n) is 8.35. The zero-order chi connectivity index (χ0) is 17.8. The quantitative estimate of drug-likeness (QED) is 0.749. The number of nitrogens with two attached hydrogens (primary N) is 1. The molecular weight excluding hydrogens is 296 g/mol. The van der Waals surface area contributed by atoms with Crippen molar-refractivity contribution in [3.63, 3.8) is 0 Å². The molecule has 1 fully saturated rings. The van der Waals surface area contributed by atoms with Gasteiger partial charge in [-0.2, -0.15) is 0 Å². The molecule has 3 N–H and O–H groups in total. The Labute approximate surface area is 139 Å². The summed E-state index contributed by atoms with van der Waals surface area (Å²) in [5.74, 6) is -0.587. The Bertz CT molecular complexity index is 423. The minimum atomic E-state index is -0.628. The molecule has 0 radical (unpaired) electrons. The molecular formula is C17H32N2O4. The smallest absolute Gasteiger partial charge is 0.323 e. The first kappa shape index (κ1) is 19.9. The van der Waals surface area contributed by atoms with Crippen LogP contribution < -0.4 is 11.1 Å². The molecule has 0 saturated carbocycles. The Morgan fingerprint density at radius 2 is 1.65 bits per heavy atom. The van der Waals surface area contributed by atoms with E-state index < -0.39 is 17.2 Å². The second-order valence-electron chi connectivity index (χ2n) is 8.24. The molecule has 0 spiro atoms. The van der Waals surface area contributed by atoms with Crippen molar-refractivity contribution in [2.24, 2.45) is 5.73 Å². The van der Waals surface area contributed by atoms with Crippen LogP contribution in [0, 0.1) is 0 Å². The molecule has 1 unspecified atom stereocenters. The zero-order valence-corrected chi connectivity index (χ0v) is 15.3. The van der Waals surface area contributed by atoms with Crippen molar-refractivity contribution < 1.29 is 19.1 Å². The highest BCUT2D eigenvalue weighted by molar-refractivity contribution is 5.77. The molecule has 0 amide bonds. The van der Waals surface area contributed by atoms with Gasteiger partial charge < -0.3 is 20.5 Å². The summed E-state index contributed by atoms with van der Waals surface area (Å²) in [4.78, 5) is 23.9. The van der Waals surface area contributed by atoms with Crippen LogP contribution in [-0.2, 0) is 19.1 Å². The summed E-state index contributed by atoms with van der Waals surface area (Å²) in [6, 6.07) is -0.713. The highest BCUT2D eigenvalue weighted by Gasteiger charge is 2.33. The molecule has 1 heterocycles. The first-order chi connectivity index (χ1) is 10.4. The van der Waals surface area contributed by atoms with Crippen molar-refractivity contribution in [2.45, 2.75) is 96.6 Å². The molecule has 6 nitrogen and oxygen atoms in total. The maximum absolute atomic E-state index is 12.0. The van der Waals surface area contributed by atoms with E-state index in [9.17, 15) is 9.59 Å². The summed E-state index contributed by atoms with van der Waals surface area (Å²) in [6.45, 7) is 11.0. The van der Waals surface area contributed by atoms with Crippen LogP contribution in [0.15, 0.2) is 0 Å². The highest BCUT2D eigenvalue weighted by atomic mass is 16.6. The topological polar surface area (TPSA) is 90.7 Å². The maximum Gasteiger partial charge on any atom is 0.323 e. The van der Waals surface area contributed by atoms with Crippen molar-refractivity contribution in [1.82, 2.24) is 5.32 Å². The SMILES string of the molecule is CC(C)(C)OC(=O)[C@@H]1CCC(CC[C@H](N)C(=O)OC(C)(C)C)N1. The summed E-state index contributed by atoms with van der Waals surface area (Å²) in [5, 5.41) is 3.27. The fraction of sp³-hybridized carbons (Fsp3) is 0.882. The van der Waals surface area contributed by atoms with Crippen LogP contribution in [0.2, 0.25) is 0 Å². The van der Waals surface area contributed by atoms with E-state index in [-0.39, 0.29) is 24.0 Å². The molecule has 0 aromatic heterocycles. The lowest BCUT2D eigenvalue weighted by Gasteiger charge is -2.23. The molecule has 1 rings (SSSR count). The molecule has 1 aliphatic rings. The lowest BCUT2D eigenvalue weighted by Crippen LogP contribution is -2.41. The average molecular weight is 328 g/mol. The van der Waals surface area contributed by atoms with E-state index in [4.69, 9.17) is 15.2 Å². The van der Waals surface area contributed by atoms with Gasteiger partial charge in [0.05, 0.1) is 0 Å². The summed E-state index contributed by atoms with van der Waals surface area (Å²) in [7, 11) is 0. The normalized spacial score (nSPS) is 23.4.